The third-order valence-corrected chi connectivity index (χ3v) is 2.71. The zero-order chi connectivity index (χ0) is 7.84. The van der Waals surface area contributed by atoms with Crippen LogP contribution in [0.25, 0.3) is 10.1 Å². The molecular formula is C8H4ClFS. The lowest BCUT2D eigenvalue weighted by atomic mass is 10.2. The van der Waals surface area contributed by atoms with E-state index in [1.54, 1.807) is 12.1 Å². The largest absolute Gasteiger partial charge is 0.206 e. The fourth-order valence-electron chi connectivity index (χ4n) is 0.994. The SMILES string of the molecule is Fc1cccc2sc(Cl)cc12. The predicted octanol–water partition coefficient (Wildman–Crippen LogP) is 3.69. The lowest BCUT2D eigenvalue weighted by Crippen LogP contribution is -1.70. The third-order valence-electron chi connectivity index (χ3n) is 1.48. The van der Waals surface area contributed by atoms with Gasteiger partial charge < -0.3 is 0 Å². The highest BCUT2D eigenvalue weighted by Gasteiger charge is 2.02. The normalized spacial score (nSPS) is 10.7. The van der Waals surface area contributed by atoms with Gasteiger partial charge in [0.05, 0.1) is 4.34 Å². The molecule has 1 heterocycles. The van der Waals surface area contributed by atoms with Crippen molar-refractivity contribution in [3.8, 4) is 0 Å². The average molecular weight is 187 g/mol. The van der Waals surface area contributed by atoms with Gasteiger partial charge in [0.15, 0.2) is 0 Å². The molecule has 0 atom stereocenters. The third kappa shape index (κ3) is 1.12. The quantitative estimate of drug-likeness (QED) is 0.589. The van der Waals surface area contributed by atoms with Crippen LogP contribution in [0, 0.1) is 5.82 Å². The second kappa shape index (κ2) is 2.47. The minimum absolute atomic E-state index is 0.203. The summed E-state index contributed by atoms with van der Waals surface area (Å²) >= 11 is 7.10. The molecule has 0 radical (unpaired) electrons. The maximum absolute atomic E-state index is 12.9. The molecule has 0 saturated heterocycles. The van der Waals surface area contributed by atoms with E-state index in [-0.39, 0.29) is 5.82 Å². The number of rotatable bonds is 0. The monoisotopic (exact) mass is 186 g/mol. The maximum atomic E-state index is 12.9. The number of thiophene rings is 1. The molecule has 1 aromatic heterocycles. The van der Waals surface area contributed by atoms with Gasteiger partial charge in [-0.15, -0.1) is 11.3 Å². The minimum Gasteiger partial charge on any atom is -0.206 e. The molecule has 2 rings (SSSR count). The minimum atomic E-state index is -0.203. The highest BCUT2D eigenvalue weighted by Crippen LogP contribution is 2.30. The van der Waals surface area contributed by atoms with Gasteiger partial charge in [0.1, 0.15) is 5.82 Å². The molecule has 0 N–H and O–H groups in total. The molecule has 56 valence electrons. The molecule has 0 spiro atoms. The number of hydrogen-bond donors (Lipinski definition) is 0. The Morgan fingerprint density at radius 2 is 2.18 bits per heavy atom. The summed E-state index contributed by atoms with van der Waals surface area (Å²) in [6.45, 7) is 0. The van der Waals surface area contributed by atoms with Crippen LogP contribution in [0.3, 0.4) is 0 Å². The van der Waals surface area contributed by atoms with Crippen LogP contribution in [-0.2, 0) is 0 Å². The summed E-state index contributed by atoms with van der Waals surface area (Å²) in [5, 5.41) is 0.613. The van der Waals surface area contributed by atoms with Gasteiger partial charge in [-0.05, 0) is 18.2 Å². The molecule has 0 unspecified atom stereocenters. The standard InChI is InChI=1S/C8H4ClFS/c9-8-4-5-6(10)2-1-3-7(5)11-8/h1-4H. The summed E-state index contributed by atoms with van der Waals surface area (Å²) < 4.78 is 14.5. The Morgan fingerprint density at radius 1 is 1.36 bits per heavy atom. The fraction of sp³-hybridized carbons (Fsp3) is 0. The highest BCUT2D eigenvalue weighted by molar-refractivity contribution is 7.22. The van der Waals surface area contributed by atoms with Crippen molar-refractivity contribution in [3.05, 3.63) is 34.4 Å². The zero-order valence-corrected chi connectivity index (χ0v) is 7.05. The number of halogens is 2. The van der Waals surface area contributed by atoms with Gasteiger partial charge in [-0.2, -0.15) is 0 Å². The van der Waals surface area contributed by atoms with Gasteiger partial charge >= 0.3 is 0 Å². The average Bonchev–Trinajstić information content (AvgIpc) is 2.31. The van der Waals surface area contributed by atoms with Crippen molar-refractivity contribution < 1.29 is 4.39 Å². The summed E-state index contributed by atoms with van der Waals surface area (Å²) in [4.78, 5) is 0. The number of benzene rings is 1. The highest BCUT2D eigenvalue weighted by atomic mass is 35.5. The van der Waals surface area contributed by atoms with E-state index in [0.29, 0.717) is 9.72 Å². The smallest absolute Gasteiger partial charge is 0.131 e. The van der Waals surface area contributed by atoms with E-state index in [1.165, 1.54) is 17.4 Å². The first kappa shape index (κ1) is 7.07. The first-order valence-electron chi connectivity index (χ1n) is 3.11. The Hall–Kier alpha value is -0.600. The summed E-state index contributed by atoms with van der Waals surface area (Å²) in [5.41, 5.74) is 0. The second-order valence-electron chi connectivity index (χ2n) is 2.20. The molecule has 0 nitrogen and oxygen atoms in total. The Balaban J connectivity index is 2.90. The van der Waals surface area contributed by atoms with Gasteiger partial charge in [0.25, 0.3) is 0 Å². The summed E-state index contributed by atoms with van der Waals surface area (Å²) in [6.07, 6.45) is 0. The molecule has 1 aromatic carbocycles. The Bertz CT molecular complexity index is 394. The maximum Gasteiger partial charge on any atom is 0.131 e. The topological polar surface area (TPSA) is 0 Å². The Kier molecular flexibility index (Phi) is 1.59. The van der Waals surface area contributed by atoms with Crippen LogP contribution in [0.1, 0.15) is 0 Å². The van der Waals surface area contributed by atoms with Crippen molar-refractivity contribution in [2.24, 2.45) is 0 Å². The Labute approximate surface area is 72.2 Å². The van der Waals surface area contributed by atoms with Crippen molar-refractivity contribution in [3.63, 3.8) is 0 Å². The number of hydrogen-bond acceptors (Lipinski definition) is 1. The number of fused-ring (bicyclic) bond motifs is 1. The van der Waals surface area contributed by atoms with Crippen LogP contribution in [0.2, 0.25) is 4.34 Å². The van der Waals surface area contributed by atoms with Crippen LogP contribution < -0.4 is 0 Å². The van der Waals surface area contributed by atoms with Crippen LogP contribution >= 0.6 is 22.9 Å². The van der Waals surface area contributed by atoms with Crippen LogP contribution in [0.5, 0.6) is 0 Å². The molecule has 11 heavy (non-hydrogen) atoms. The van der Waals surface area contributed by atoms with E-state index in [9.17, 15) is 4.39 Å². The van der Waals surface area contributed by atoms with E-state index in [4.69, 9.17) is 11.6 Å². The molecule has 2 aromatic rings. The molecule has 0 saturated carbocycles. The van der Waals surface area contributed by atoms with Gasteiger partial charge in [-0.25, -0.2) is 4.39 Å². The fourth-order valence-corrected chi connectivity index (χ4v) is 2.15. The molecule has 0 fully saturated rings. The summed E-state index contributed by atoms with van der Waals surface area (Å²) in [5.74, 6) is -0.203. The lowest BCUT2D eigenvalue weighted by Gasteiger charge is -1.87. The second-order valence-corrected chi connectivity index (χ2v) is 3.92. The molecule has 0 bridgehead atoms. The van der Waals surface area contributed by atoms with Crippen molar-refractivity contribution in [2.75, 3.05) is 0 Å². The molecular weight excluding hydrogens is 183 g/mol. The van der Waals surface area contributed by atoms with E-state index in [0.717, 1.165) is 4.70 Å². The molecule has 0 aliphatic rings. The van der Waals surface area contributed by atoms with Gasteiger partial charge in [-0.1, -0.05) is 17.7 Å². The molecule has 3 heteroatoms. The van der Waals surface area contributed by atoms with Crippen LogP contribution in [-0.4, -0.2) is 0 Å². The molecule has 0 amide bonds. The molecule has 0 aliphatic heterocycles. The van der Waals surface area contributed by atoms with Crippen molar-refractivity contribution in [1.82, 2.24) is 0 Å². The van der Waals surface area contributed by atoms with Crippen molar-refractivity contribution in [1.29, 1.82) is 0 Å². The zero-order valence-electron chi connectivity index (χ0n) is 5.47. The van der Waals surface area contributed by atoms with E-state index in [1.807, 2.05) is 6.07 Å². The Morgan fingerprint density at radius 3 is 2.91 bits per heavy atom. The van der Waals surface area contributed by atoms with E-state index in [2.05, 4.69) is 0 Å². The van der Waals surface area contributed by atoms with Crippen molar-refractivity contribution >= 4 is 33.0 Å². The van der Waals surface area contributed by atoms with Crippen molar-refractivity contribution in [2.45, 2.75) is 0 Å². The predicted molar refractivity (Wildman–Crippen MR) is 46.8 cm³/mol. The lowest BCUT2D eigenvalue weighted by molar-refractivity contribution is 0.640. The van der Waals surface area contributed by atoms with E-state index >= 15 is 0 Å². The van der Waals surface area contributed by atoms with Crippen LogP contribution in [0.15, 0.2) is 24.3 Å². The van der Waals surface area contributed by atoms with Gasteiger partial charge in [0, 0.05) is 10.1 Å². The van der Waals surface area contributed by atoms with Gasteiger partial charge in [-0.3, -0.25) is 0 Å². The van der Waals surface area contributed by atoms with Gasteiger partial charge in [0.2, 0.25) is 0 Å². The first-order chi connectivity index (χ1) is 5.27. The molecule has 0 aliphatic carbocycles. The summed E-state index contributed by atoms with van der Waals surface area (Å²) in [6, 6.07) is 6.63. The first-order valence-corrected chi connectivity index (χ1v) is 4.30. The van der Waals surface area contributed by atoms with E-state index < -0.39 is 0 Å². The summed E-state index contributed by atoms with van der Waals surface area (Å²) in [7, 11) is 0. The van der Waals surface area contributed by atoms with Crippen LogP contribution in [0.4, 0.5) is 4.39 Å².